The van der Waals surface area contributed by atoms with Gasteiger partial charge in [-0.05, 0) is 36.4 Å². The van der Waals surface area contributed by atoms with Crippen molar-refractivity contribution in [3.8, 4) is 0 Å². The molecule has 3 aromatic rings. The van der Waals surface area contributed by atoms with Crippen molar-refractivity contribution in [2.24, 2.45) is 0 Å². The molecule has 150 valence electrons. The van der Waals surface area contributed by atoms with Crippen LogP contribution < -0.4 is 5.32 Å². The number of carbonyl (C=O) groups is 1. The molecule has 0 radical (unpaired) electrons. The Labute approximate surface area is 173 Å². The van der Waals surface area contributed by atoms with Crippen molar-refractivity contribution >= 4 is 44.1 Å². The SMILES string of the molecule is O=C(Nc1ccc(S(=O)(=O)N2CCOCC2)cc1)c1cc(Cl)nc2ccccc12. The van der Waals surface area contributed by atoms with E-state index in [1.165, 1.54) is 22.5 Å². The second kappa shape index (κ2) is 8.08. The summed E-state index contributed by atoms with van der Waals surface area (Å²) in [5.74, 6) is -0.353. The Kier molecular flexibility index (Phi) is 5.51. The van der Waals surface area contributed by atoms with Gasteiger partial charge in [-0.25, -0.2) is 13.4 Å². The standard InChI is InChI=1S/C20H18ClN3O4S/c21-19-13-17(16-3-1-2-4-18(16)23-19)20(25)22-14-5-7-15(8-6-14)29(26,27)24-9-11-28-12-10-24/h1-8,13H,9-12H2,(H,22,25). The average Bonchev–Trinajstić information content (AvgIpc) is 2.74. The van der Waals surface area contributed by atoms with Gasteiger partial charge in [0, 0.05) is 24.2 Å². The topological polar surface area (TPSA) is 88.6 Å². The summed E-state index contributed by atoms with van der Waals surface area (Å²) in [6, 6.07) is 14.8. The Morgan fingerprint density at radius 3 is 2.48 bits per heavy atom. The zero-order chi connectivity index (χ0) is 20.4. The van der Waals surface area contributed by atoms with Gasteiger partial charge in [0.1, 0.15) is 5.15 Å². The van der Waals surface area contributed by atoms with Crippen LogP contribution in [-0.4, -0.2) is 49.9 Å². The molecule has 1 aromatic heterocycles. The average molecular weight is 432 g/mol. The van der Waals surface area contributed by atoms with Crippen LogP contribution in [0.3, 0.4) is 0 Å². The number of amides is 1. The summed E-state index contributed by atoms with van der Waals surface area (Å²) in [5.41, 5.74) is 1.50. The molecule has 0 unspecified atom stereocenters. The minimum absolute atomic E-state index is 0.176. The maximum atomic E-state index is 12.8. The number of carbonyl (C=O) groups excluding carboxylic acids is 1. The summed E-state index contributed by atoms with van der Waals surface area (Å²) >= 11 is 6.04. The first-order valence-electron chi connectivity index (χ1n) is 9.00. The molecule has 0 aliphatic carbocycles. The van der Waals surface area contributed by atoms with Crippen LogP contribution in [0.15, 0.2) is 59.5 Å². The van der Waals surface area contributed by atoms with E-state index in [0.717, 1.165) is 0 Å². The van der Waals surface area contributed by atoms with Gasteiger partial charge in [-0.15, -0.1) is 0 Å². The second-order valence-electron chi connectivity index (χ2n) is 6.50. The van der Waals surface area contributed by atoms with E-state index in [-0.39, 0.29) is 16.0 Å². The van der Waals surface area contributed by atoms with Crippen LogP contribution in [0.5, 0.6) is 0 Å². The molecule has 1 aliphatic rings. The largest absolute Gasteiger partial charge is 0.379 e. The van der Waals surface area contributed by atoms with Crippen LogP contribution in [-0.2, 0) is 14.8 Å². The van der Waals surface area contributed by atoms with E-state index in [2.05, 4.69) is 10.3 Å². The summed E-state index contributed by atoms with van der Waals surface area (Å²) in [4.78, 5) is 17.2. The molecule has 2 aromatic carbocycles. The molecular formula is C20H18ClN3O4S. The van der Waals surface area contributed by atoms with E-state index < -0.39 is 10.0 Å². The molecule has 1 saturated heterocycles. The Bertz CT molecular complexity index is 1160. The van der Waals surface area contributed by atoms with Crippen LogP contribution in [0.25, 0.3) is 10.9 Å². The van der Waals surface area contributed by atoms with E-state index in [1.807, 2.05) is 12.1 Å². The first-order valence-corrected chi connectivity index (χ1v) is 10.8. The highest BCUT2D eigenvalue weighted by Gasteiger charge is 2.26. The number of para-hydroxylation sites is 1. The van der Waals surface area contributed by atoms with Gasteiger partial charge in [0.2, 0.25) is 10.0 Å². The molecule has 1 N–H and O–H groups in total. The van der Waals surface area contributed by atoms with Crippen molar-refractivity contribution in [1.29, 1.82) is 0 Å². The highest BCUT2D eigenvalue weighted by atomic mass is 35.5. The normalized spacial score (nSPS) is 15.3. The smallest absolute Gasteiger partial charge is 0.256 e. The zero-order valence-electron chi connectivity index (χ0n) is 15.3. The van der Waals surface area contributed by atoms with E-state index in [0.29, 0.717) is 48.5 Å². The number of benzene rings is 2. The van der Waals surface area contributed by atoms with Gasteiger partial charge in [-0.2, -0.15) is 4.31 Å². The number of hydrogen-bond donors (Lipinski definition) is 1. The van der Waals surface area contributed by atoms with Gasteiger partial charge >= 0.3 is 0 Å². The fraction of sp³-hybridized carbons (Fsp3) is 0.200. The van der Waals surface area contributed by atoms with E-state index in [9.17, 15) is 13.2 Å². The monoisotopic (exact) mass is 431 g/mol. The molecule has 9 heteroatoms. The van der Waals surface area contributed by atoms with E-state index in [4.69, 9.17) is 16.3 Å². The molecule has 0 spiro atoms. The number of ether oxygens (including phenoxy) is 1. The van der Waals surface area contributed by atoms with Gasteiger partial charge in [-0.1, -0.05) is 29.8 Å². The van der Waals surface area contributed by atoms with Crippen molar-refractivity contribution in [1.82, 2.24) is 9.29 Å². The number of fused-ring (bicyclic) bond motifs is 1. The Morgan fingerprint density at radius 1 is 1.07 bits per heavy atom. The number of sulfonamides is 1. The lowest BCUT2D eigenvalue weighted by Crippen LogP contribution is -2.40. The van der Waals surface area contributed by atoms with Gasteiger partial charge in [0.25, 0.3) is 5.91 Å². The van der Waals surface area contributed by atoms with Crippen molar-refractivity contribution in [2.45, 2.75) is 4.90 Å². The van der Waals surface area contributed by atoms with Crippen LogP contribution in [0, 0.1) is 0 Å². The quantitative estimate of drug-likeness (QED) is 0.641. The summed E-state index contributed by atoms with van der Waals surface area (Å²) < 4.78 is 32.0. The molecule has 29 heavy (non-hydrogen) atoms. The highest BCUT2D eigenvalue weighted by Crippen LogP contribution is 2.23. The number of nitrogens with one attached hydrogen (secondary N) is 1. The Morgan fingerprint density at radius 2 is 1.76 bits per heavy atom. The number of halogens is 1. The number of hydrogen-bond acceptors (Lipinski definition) is 5. The van der Waals surface area contributed by atoms with Crippen molar-refractivity contribution in [2.75, 3.05) is 31.6 Å². The fourth-order valence-electron chi connectivity index (χ4n) is 3.18. The van der Waals surface area contributed by atoms with Crippen molar-refractivity contribution in [3.63, 3.8) is 0 Å². The lowest BCUT2D eigenvalue weighted by atomic mass is 10.1. The summed E-state index contributed by atoms with van der Waals surface area (Å²) in [6.45, 7) is 1.43. The molecule has 1 aliphatic heterocycles. The maximum Gasteiger partial charge on any atom is 0.256 e. The number of pyridine rings is 1. The molecule has 0 atom stereocenters. The molecule has 1 amide bonds. The fourth-order valence-corrected chi connectivity index (χ4v) is 4.78. The Balaban J connectivity index is 1.56. The summed E-state index contributed by atoms with van der Waals surface area (Å²) in [5, 5.41) is 3.69. The van der Waals surface area contributed by atoms with Gasteiger partial charge in [0.05, 0.1) is 29.2 Å². The van der Waals surface area contributed by atoms with Crippen LogP contribution in [0.4, 0.5) is 5.69 Å². The van der Waals surface area contributed by atoms with Gasteiger partial charge < -0.3 is 10.1 Å². The number of morpholine rings is 1. The summed E-state index contributed by atoms with van der Waals surface area (Å²) in [7, 11) is -3.58. The number of aromatic nitrogens is 1. The second-order valence-corrected chi connectivity index (χ2v) is 8.83. The van der Waals surface area contributed by atoms with Gasteiger partial charge in [0.15, 0.2) is 0 Å². The van der Waals surface area contributed by atoms with Crippen LogP contribution >= 0.6 is 11.6 Å². The minimum Gasteiger partial charge on any atom is -0.379 e. The van der Waals surface area contributed by atoms with E-state index >= 15 is 0 Å². The predicted molar refractivity (Wildman–Crippen MR) is 111 cm³/mol. The molecule has 0 bridgehead atoms. The first-order chi connectivity index (χ1) is 13.9. The Hall–Kier alpha value is -2.52. The van der Waals surface area contributed by atoms with Crippen LogP contribution in [0.1, 0.15) is 10.4 Å². The highest BCUT2D eigenvalue weighted by molar-refractivity contribution is 7.89. The van der Waals surface area contributed by atoms with Crippen molar-refractivity contribution < 1.29 is 17.9 Å². The minimum atomic E-state index is -3.58. The molecule has 0 saturated carbocycles. The third-order valence-electron chi connectivity index (χ3n) is 4.65. The lowest BCUT2D eigenvalue weighted by molar-refractivity contribution is 0.0730. The van der Waals surface area contributed by atoms with Crippen LogP contribution in [0.2, 0.25) is 5.15 Å². The first kappa shape index (κ1) is 19.8. The summed E-state index contributed by atoms with van der Waals surface area (Å²) in [6.07, 6.45) is 0. The number of anilines is 1. The predicted octanol–water partition coefficient (Wildman–Crippen LogP) is 3.16. The lowest BCUT2D eigenvalue weighted by Gasteiger charge is -2.26. The number of nitrogens with zero attached hydrogens (tertiary/aromatic N) is 2. The van der Waals surface area contributed by atoms with E-state index in [1.54, 1.807) is 24.3 Å². The third-order valence-corrected chi connectivity index (χ3v) is 6.76. The number of rotatable bonds is 4. The van der Waals surface area contributed by atoms with Gasteiger partial charge in [-0.3, -0.25) is 4.79 Å². The molecule has 1 fully saturated rings. The molecule has 2 heterocycles. The molecular weight excluding hydrogens is 414 g/mol. The molecule has 4 rings (SSSR count). The maximum absolute atomic E-state index is 12.8. The zero-order valence-corrected chi connectivity index (χ0v) is 16.9. The van der Waals surface area contributed by atoms with Crippen molar-refractivity contribution in [3.05, 3.63) is 65.3 Å². The molecule has 7 nitrogen and oxygen atoms in total. The third kappa shape index (κ3) is 4.11.